The van der Waals surface area contributed by atoms with Crippen molar-refractivity contribution in [2.75, 3.05) is 13.1 Å². The highest BCUT2D eigenvalue weighted by molar-refractivity contribution is 5.62. The van der Waals surface area contributed by atoms with Crippen LogP contribution in [-0.4, -0.2) is 13.1 Å². The Morgan fingerprint density at radius 2 is 2.46 bits per heavy atom. The summed E-state index contributed by atoms with van der Waals surface area (Å²) < 4.78 is 5.01. The van der Waals surface area contributed by atoms with Crippen LogP contribution in [0.15, 0.2) is 29.1 Å². The molecule has 0 radical (unpaired) electrons. The fourth-order valence-corrected chi connectivity index (χ4v) is 1.17. The molecule has 13 heavy (non-hydrogen) atoms. The number of rotatable bonds is 5. The van der Waals surface area contributed by atoms with Crippen molar-refractivity contribution >= 4 is 5.57 Å². The summed E-state index contributed by atoms with van der Waals surface area (Å²) in [7, 11) is 0. The van der Waals surface area contributed by atoms with E-state index in [0.29, 0.717) is 0 Å². The molecule has 0 aliphatic rings. The zero-order chi connectivity index (χ0) is 9.52. The molecule has 0 saturated heterocycles. The molecule has 1 aromatic rings. The van der Waals surface area contributed by atoms with Crippen molar-refractivity contribution in [2.24, 2.45) is 0 Å². The molecule has 1 aromatic heterocycles. The van der Waals surface area contributed by atoms with Crippen molar-refractivity contribution in [3.8, 4) is 0 Å². The molecule has 2 heteroatoms. The molecular formula is C11H17NO. The average Bonchev–Trinajstić information content (AvgIpc) is 2.65. The van der Waals surface area contributed by atoms with Gasteiger partial charge in [0.2, 0.25) is 0 Å². The van der Waals surface area contributed by atoms with Crippen molar-refractivity contribution in [3.05, 3.63) is 30.2 Å². The third-order valence-corrected chi connectivity index (χ3v) is 2.00. The molecule has 0 bridgehead atoms. The van der Waals surface area contributed by atoms with E-state index in [2.05, 4.69) is 25.2 Å². The second kappa shape index (κ2) is 5.60. The van der Waals surface area contributed by atoms with Gasteiger partial charge in [0.1, 0.15) is 0 Å². The van der Waals surface area contributed by atoms with Crippen LogP contribution in [0.3, 0.4) is 0 Å². The van der Waals surface area contributed by atoms with Crippen molar-refractivity contribution < 1.29 is 4.42 Å². The van der Waals surface area contributed by atoms with Gasteiger partial charge in [0.05, 0.1) is 12.5 Å². The fourth-order valence-electron chi connectivity index (χ4n) is 1.17. The van der Waals surface area contributed by atoms with Crippen LogP contribution in [-0.2, 0) is 0 Å². The normalized spacial score (nSPS) is 12.0. The number of nitrogens with one attached hydrogen (secondary N) is 1. The molecule has 0 aromatic carbocycles. The Balaban J connectivity index is 2.35. The molecule has 0 unspecified atom stereocenters. The van der Waals surface area contributed by atoms with Crippen molar-refractivity contribution in [3.63, 3.8) is 0 Å². The van der Waals surface area contributed by atoms with Crippen LogP contribution in [0.25, 0.3) is 5.57 Å². The van der Waals surface area contributed by atoms with Gasteiger partial charge in [-0.25, -0.2) is 0 Å². The number of hydrogen-bond acceptors (Lipinski definition) is 2. The first-order chi connectivity index (χ1) is 6.34. The van der Waals surface area contributed by atoms with Gasteiger partial charge in [-0.2, -0.15) is 0 Å². The Bertz CT molecular complexity index is 249. The smallest absolute Gasteiger partial charge is 0.0977 e. The standard InChI is InChI=1S/C11H17NO/c1-3-12-7-4-5-10(2)11-6-8-13-9-11/h5-6,8-9,12H,3-4,7H2,1-2H3. The predicted molar refractivity (Wildman–Crippen MR) is 55.5 cm³/mol. The van der Waals surface area contributed by atoms with Crippen LogP contribution in [0, 0.1) is 0 Å². The summed E-state index contributed by atoms with van der Waals surface area (Å²) >= 11 is 0. The fraction of sp³-hybridized carbons (Fsp3) is 0.455. The quantitative estimate of drug-likeness (QED) is 0.703. The lowest BCUT2D eigenvalue weighted by Gasteiger charge is -1.98. The lowest BCUT2D eigenvalue weighted by atomic mass is 10.1. The van der Waals surface area contributed by atoms with Gasteiger partial charge in [-0.1, -0.05) is 13.0 Å². The first kappa shape index (κ1) is 10.1. The summed E-state index contributed by atoms with van der Waals surface area (Å²) in [6.07, 6.45) is 6.79. The first-order valence-corrected chi connectivity index (χ1v) is 4.74. The van der Waals surface area contributed by atoms with Gasteiger partial charge >= 0.3 is 0 Å². The average molecular weight is 179 g/mol. The van der Waals surface area contributed by atoms with Crippen molar-refractivity contribution in [2.45, 2.75) is 20.3 Å². The van der Waals surface area contributed by atoms with Crippen molar-refractivity contribution in [1.82, 2.24) is 5.32 Å². The zero-order valence-electron chi connectivity index (χ0n) is 8.34. The monoisotopic (exact) mass is 179 g/mol. The second-order valence-corrected chi connectivity index (χ2v) is 3.04. The largest absolute Gasteiger partial charge is 0.472 e. The molecule has 2 nitrogen and oxygen atoms in total. The molecule has 0 fully saturated rings. The number of hydrogen-bond donors (Lipinski definition) is 1. The van der Waals surface area contributed by atoms with Crippen LogP contribution in [0.1, 0.15) is 25.8 Å². The minimum Gasteiger partial charge on any atom is -0.472 e. The Morgan fingerprint density at radius 3 is 3.08 bits per heavy atom. The van der Waals surface area contributed by atoms with Gasteiger partial charge in [0, 0.05) is 5.56 Å². The van der Waals surface area contributed by atoms with Gasteiger partial charge in [0.15, 0.2) is 0 Å². The number of allylic oxidation sites excluding steroid dienone is 1. The Kier molecular flexibility index (Phi) is 4.33. The van der Waals surface area contributed by atoms with Crippen LogP contribution < -0.4 is 5.32 Å². The molecular weight excluding hydrogens is 162 g/mol. The minimum atomic E-state index is 1.04. The lowest BCUT2D eigenvalue weighted by molar-refractivity contribution is 0.566. The summed E-state index contributed by atoms with van der Waals surface area (Å²) in [5.41, 5.74) is 2.46. The van der Waals surface area contributed by atoms with Crippen LogP contribution in [0.5, 0.6) is 0 Å². The molecule has 0 atom stereocenters. The summed E-state index contributed by atoms with van der Waals surface area (Å²) in [6.45, 7) is 6.31. The molecule has 0 amide bonds. The summed E-state index contributed by atoms with van der Waals surface area (Å²) in [5.74, 6) is 0. The number of furan rings is 1. The summed E-state index contributed by atoms with van der Waals surface area (Å²) in [6, 6.07) is 1.99. The summed E-state index contributed by atoms with van der Waals surface area (Å²) in [5, 5.41) is 3.28. The minimum absolute atomic E-state index is 1.04. The zero-order valence-corrected chi connectivity index (χ0v) is 8.34. The van der Waals surface area contributed by atoms with E-state index in [1.807, 2.05) is 6.07 Å². The van der Waals surface area contributed by atoms with E-state index in [-0.39, 0.29) is 0 Å². The topological polar surface area (TPSA) is 25.2 Å². The van der Waals surface area contributed by atoms with Crippen LogP contribution in [0.2, 0.25) is 0 Å². The Hall–Kier alpha value is -1.02. The van der Waals surface area contributed by atoms with Gasteiger partial charge in [-0.15, -0.1) is 0 Å². The van der Waals surface area contributed by atoms with Crippen LogP contribution in [0.4, 0.5) is 0 Å². The molecule has 1 heterocycles. The van der Waals surface area contributed by atoms with E-state index in [1.54, 1.807) is 12.5 Å². The first-order valence-electron chi connectivity index (χ1n) is 4.74. The third kappa shape index (κ3) is 3.47. The van der Waals surface area contributed by atoms with Gasteiger partial charge in [-0.05, 0) is 38.1 Å². The maximum Gasteiger partial charge on any atom is 0.0977 e. The molecule has 1 rings (SSSR count). The van der Waals surface area contributed by atoms with E-state index >= 15 is 0 Å². The molecule has 72 valence electrons. The maximum absolute atomic E-state index is 5.01. The SMILES string of the molecule is CCNCCC=C(C)c1ccoc1. The van der Waals surface area contributed by atoms with E-state index in [9.17, 15) is 0 Å². The third-order valence-electron chi connectivity index (χ3n) is 2.00. The molecule has 0 aliphatic heterocycles. The summed E-state index contributed by atoms with van der Waals surface area (Å²) in [4.78, 5) is 0. The molecule has 0 saturated carbocycles. The lowest BCUT2D eigenvalue weighted by Crippen LogP contribution is -2.12. The molecule has 0 spiro atoms. The van der Waals surface area contributed by atoms with Crippen LogP contribution >= 0.6 is 0 Å². The van der Waals surface area contributed by atoms with E-state index < -0.39 is 0 Å². The van der Waals surface area contributed by atoms with Crippen molar-refractivity contribution in [1.29, 1.82) is 0 Å². The van der Waals surface area contributed by atoms with E-state index in [1.165, 1.54) is 11.1 Å². The molecule has 1 N–H and O–H groups in total. The molecule has 0 aliphatic carbocycles. The highest BCUT2D eigenvalue weighted by atomic mass is 16.3. The van der Waals surface area contributed by atoms with E-state index in [0.717, 1.165) is 19.5 Å². The Morgan fingerprint density at radius 1 is 1.62 bits per heavy atom. The van der Waals surface area contributed by atoms with Gasteiger partial charge in [0.25, 0.3) is 0 Å². The predicted octanol–water partition coefficient (Wildman–Crippen LogP) is 2.68. The van der Waals surface area contributed by atoms with Gasteiger partial charge in [-0.3, -0.25) is 0 Å². The van der Waals surface area contributed by atoms with Gasteiger partial charge < -0.3 is 9.73 Å². The highest BCUT2D eigenvalue weighted by Gasteiger charge is 1.94. The highest BCUT2D eigenvalue weighted by Crippen LogP contribution is 2.13. The second-order valence-electron chi connectivity index (χ2n) is 3.04. The Labute approximate surface area is 79.6 Å². The maximum atomic E-state index is 5.01. The van der Waals surface area contributed by atoms with E-state index in [4.69, 9.17) is 4.42 Å².